The smallest absolute Gasteiger partial charge is 0.240 e. The maximum Gasteiger partial charge on any atom is 0.240 e. The van der Waals surface area contributed by atoms with E-state index in [1.807, 2.05) is 24.3 Å². The molecule has 0 aliphatic carbocycles. The number of aromatic nitrogens is 1. The van der Waals surface area contributed by atoms with Crippen LogP contribution in [-0.2, 0) is 20.9 Å². The highest BCUT2D eigenvalue weighted by atomic mass is 32.1. The zero-order valence-electron chi connectivity index (χ0n) is 18.9. The van der Waals surface area contributed by atoms with Crippen molar-refractivity contribution in [3.8, 4) is 11.5 Å². The van der Waals surface area contributed by atoms with Crippen molar-refractivity contribution in [2.24, 2.45) is 0 Å². The molecule has 0 fully saturated rings. The largest absolute Gasteiger partial charge is 0.497 e. The lowest BCUT2D eigenvalue weighted by molar-refractivity contribution is -0.125. The molecule has 3 rings (SSSR count). The summed E-state index contributed by atoms with van der Waals surface area (Å²) in [5.74, 6) is 0.362. The molecule has 0 aliphatic heterocycles. The highest BCUT2D eigenvalue weighted by Gasteiger charge is 2.20. The first kappa shape index (κ1) is 24.7. The van der Waals surface area contributed by atoms with E-state index >= 15 is 0 Å². The molecule has 0 spiro atoms. The van der Waals surface area contributed by atoms with Crippen molar-refractivity contribution < 1.29 is 23.9 Å². The number of rotatable bonds is 11. The van der Waals surface area contributed by atoms with Crippen LogP contribution in [0.3, 0.4) is 0 Å². The second kappa shape index (κ2) is 12.4. The van der Waals surface area contributed by atoms with E-state index in [2.05, 4.69) is 15.6 Å². The van der Waals surface area contributed by atoms with Crippen molar-refractivity contribution in [3.63, 3.8) is 0 Å². The van der Waals surface area contributed by atoms with E-state index in [4.69, 9.17) is 9.47 Å². The molecule has 3 aromatic rings. The number of benzene rings is 2. The highest BCUT2D eigenvalue weighted by molar-refractivity contribution is 7.13. The third-order valence-electron chi connectivity index (χ3n) is 4.88. The first-order valence-electron chi connectivity index (χ1n) is 10.5. The first-order valence-corrected chi connectivity index (χ1v) is 11.4. The fraction of sp³-hybridized carbons (Fsp3) is 0.250. The minimum atomic E-state index is -0.348. The van der Waals surface area contributed by atoms with Gasteiger partial charge in [-0.05, 0) is 42.0 Å². The van der Waals surface area contributed by atoms with Gasteiger partial charge in [-0.15, -0.1) is 11.3 Å². The van der Waals surface area contributed by atoms with Crippen LogP contribution in [0.25, 0.3) is 0 Å². The lowest BCUT2D eigenvalue weighted by Gasteiger charge is -2.22. The molecule has 3 amide bonds. The minimum Gasteiger partial charge on any atom is -0.497 e. The number of thiazole rings is 1. The lowest BCUT2D eigenvalue weighted by Crippen LogP contribution is -2.41. The molecule has 9 nitrogen and oxygen atoms in total. The number of anilines is 2. The van der Waals surface area contributed by atoms with E-state index in [1.54, 1.807) is 50.1 Å². The summed E-state index contributed by atoms with van der Waals surface area (Å²) in [6.45, 7) is 0.124. The summed E-state index contributed by atoms with van der Waals surface area (Å²) in [6, 6.07) is 14.1. The molecule has 34 heavy (non-hydrogen) atoms. The van der Waals surface area contributed by atoms with Crippen molar-refractivity contribution >= 4 is 39.9 Å². The van der Waals surface area contributed by atoms with E-state index in [9.17, 15) is 14.4 Å². The molecule has 1 aromatic heterocycles. The third-order valence-corrected chi connectivity index (χ3v) is 5.57. The molecule has 0 aliphatic rings. The topological polar surface area (TPSA) is 110 Å². The number of nitrogens with zero attached hydrogens (tertiary/aromatic N) is 2. The van der Waals surface area contributed by atoms with Crippen LogP contribution in [0, 0.1) is 0 Å². The van der Waals surface area contributed by atoms with Crippen LogP contribution in [0.1, 0.15) is 18.4 Å². The SMILES string of the molecule is COc1ccc(CNC(=O)CN(C(=O)CCC(=O)Nc2nccs2)c2ccc(OC)cc2)cc1. The van der Waals surface area contributed by atoms with Gasteiger partial charge in [-0.2, -0.15) is 0 Å². The van der Waals surface area contributed by atoms with Crippen LogP contribution in [0.5, 0.6) is 11.5 Å². The first-order chi connectivity index (χ1) is 16.5. The van der Waals surface area contributed by atoms with Gasteiger partial charge in [0.1, 0.15) is 18.0 Å². The molecule has 2 aromatic carbocycles. The van der Waals surface area contributed by atoms with Gasteiger partial charge in [0.05, 0.1) is 14.2 Å². The van der Waals surface area contributed by atoms with E-state index in [1.165, 1.54) is 16.2 Å². The lowest BCUT2D eigenvalue weighted by atomic mass is 10.2. The van der Waals surface area contributed by atoms with Gasteiger partial charge >= 0.3 is 0 Å². The number of methoxy groups -OCH3 is 2. The zero-order chi connectivity index (χ0) is 24.3. The average Bonchev–Trinajstić information content (AvgIpc) is 3.38. The quantitative estimate of drug-likeness (QED) is 0.434. The fourth-order valence-corrected chi connectivity index (χ4v) is 3.60. The van der Waals surface area contributed by atoms with Crippen molar-refractivity contribution in [2.45, 2.75) is 19.4 Å². The van der Waals surface area contributed by atoms with Gasteiger partial charge in [-0.3, -0.25) is 14.4 Å². The second-order valence-electron chi connectivity index (χ2n) is 7.19. The number of ether oxygens (including phenoxy) is 2. The Morgan fingerprint density at radius 3 is 2.15 bits per heavy atom. The summed E-state index contributed by atoms with van der Waals surface area (Å²) in [6.07, 6.45) is 1.49. The molecule has 2 N–H and O–H groups in total. The zero-order valence-corrected chi connectivity index (χ0v) is 19.8. The predicted molar refractivity (Wildman–Crippen MR) is 130 cm³/mol. The molecule has 0 saturated carbocycles. The Balaban J connectivity index is 1.62. The van der Waals surface area contributed by atoms with Gasteiger partial charge in [0.25, 0.3) is 0 Å². The maximum atomic E-state index is 13.0. The van der Waals surface area contributed by atoms with Gasteiger partial charge in [-0.25, -0.2) is 4.98 Å². The summed E-state index contributed by atoms with van der Waals surface area (Å²) in [7, 11) is 3.13. The molecule has 0 bridgehead atoms. The highest BCUT2D eigenvalue weighted by Crippen LogP contribution is 2.21. The van der Waals surface area contributed by atoms with Crippen LogP contribution < -0.4 is 25.0 Å². The van der Waals surface area contributed by atoms with Crippen LogP contribution in [0.15, 0.2) is 60.1 Å². The molecule has 0 unspecified atom stereocenters. The Hall–Kier alpha value is -3.92. The van der Waals surface area contributed by atoms with E-state index in [0.29, 0.717) is 23.1 Å². The Morgan fingerprint density at radius 1 is 0.912 bits per heavy atom. The van der Waals surface area contributed by atoms with Gasteiger partial charge in [0, 0.05) is 36.7 Å². The van der Waals surface area contributed by atoms with Gasteiger partial charge in [-0.1, -0.05) is 12.1 Å². The molecular formula is C24H26N4O5S. The average molecular weight is 483 g/mol. The van der Waals surface area contributed by atoms with E-state index < -0.39 is 0 Å². The molecule has 1 heterocycles. The van der Waals surface area contributed by atoms with Crippen LogP contribution in [0.4, 0.5) is 10.8 Å². The number of hydrogen-bond donors (Lipinski definition) is 2. The van der Waals surface area contributed by atoms with Crippen molar-refractivity contribution in [3.05, 3.63) is 65.7 Å². The van der Waals surface area contributed by atoms with Crippen molar-refractivity contribution in [2.75, 3.05) is 31.0 Å². The number of carbonyl (C=O) groups is 3. The van der Waals surface area contributed by atoms with Crippen LogP contribution >= 0.6 is 11.3 Å². The van der Waals surface area contributed by atoms with Crippen molar-refractivity contribution in [1.82, 2.24) is 10.3 Å². The van der Waals surface area contributed by atoms with Gasteiger partial charge < -0.3 is 25.0 Å². The van der Waals surface area contributed by atoms with Crippen LogP contribution in [-0.4, -0.2) is 43.5 Å². The Morgan fingerprint density at radius 2 is 1.56 bits per heavy atom. The summed E-state index contributed by atoms with van der Waals surface area (Å²) in [5, 5.41) is 7.70. The Bertz CT molecular complexity index is 1090. The standard InChI is InChI=1S/C24H26N4O5S/c1-32-19-7-3-17(4-8-19)15-26-22(30)16-28(18-5-9-20(33-2)10-6-18)23(31)12-11-21(29)27-24-25-13-14-34-24/h3-10,13-14H,11-12,15-16H2,1-2H3,(H,26,30)(H,25,27,29). The van der Waals surface area contributed by atoms with Crippen LogP contribution in [0.2, 0.25) is 0 Å². The number of amides is 3. The fourth-order valence-electron chi connectivity index (χ4n) is 3.05. The summed E-state index contributed by atoms with van der Waals surface area (Å²) < 4.78 is 10.3. The summed E-state index contributed by atoms with van der Waals surface area (Å²) in [5.41, 5.74) is 1.43. The molecule has 178 valence electrons. The summed E-state index contributed by atoms with van der Waals surface area (Å²) in [4.78, 5) is 43.2. The minimum absolute atomic E-state index is 0.0292. The Kier molecular flexibility index (Phi) is 8.98. The normalized spacial score (nSPS) is 10.3. The molecule has 0 atom stereocenters. The number of hydrogen-bond acceptors (Lipinski definition) is 7. The van der Waals surface area contributed by atoms with Crippen molar-refractivity contribution in [1.29, 1.82) is 0 Å². The Labute approximate surface area is 201 Å². The summed E-state index contributed by atoms with van der Waals surface area (Å²) >= 11 is 1.30. The van der Waals surface area contributed by atoms with Gasteiger partial charge in [0.2, 0.25) is 17.7 Å². The van der Waals surface area contributed by atoms with Gasteiger partial charge in [0.15, 0.2) is 5.13 Å². The molecule has 0 saturated heterocycles. The van der Waals surface area contributed by atoms with E-state index in [0.717, 1.165) is 11.3 Å². The monoisotopic (exact) mass is 482 g/mol. The maximum absolute atomic E-state index is 13.0. The predicted octanol–water partition coefficient (Wildman–Crippen LogP) is 3.23. The number of carbonyl (C=O) groups excluding carboxylic acids is 3. The number of nitrogens with one attached hydrogen (secondary N) is 2. The molecule has 10 heteroatoms. The third kappa shape index (κ3) is 7.31. The van der Waals surface area contributed by atoms with E-state index in [-0.39, 0.29) is 37.1 Å². The second-order valence-corrected chi connectivity index (χ2v) is 8.08. The molecule has 0 radical (unpaired) electrons. The molecular weight excluding hydrogens is 456 g/mol.